The van der Waals surface area contributed by atoms with Gasteiger partial charge in [-0.15, -0.1) is 11.3 Å². The Kier molecular flexibility index (Phi) is 4.30. The fraction of sp³-hybridized carbons (Fsp3) is 0.400. The van der Waals surface area contributed by atoms with Gasteiger partial charge in [-0.05, 0) is 17.0 Å². The van der Waals surface area contributed by atoms with E-state index >= 15 is 0 Å². The SMILES string of the molecule is Cc1nc(CCNS(=O)(=O)c2cc(CN)cs2)no1. The van der Waals surface area contributed by atoms with Gasteiger partial charge in [0, 0.05) is 26.4 Å². The highest BCUT2D eigenvalue weighted by Crippen LogP contribution is 2.19. The monoisotopic (exact) mass is 302 g/mol. The number of nitrogens with two attached hydrogens (primary N) is 1. The molecule has 9 heteroatoms. The first-order valence-corrected chi connectivity index (χ1v) is 7.94. The predicted octanol–water partition coefficient (Wildman–Crippen LogP) is 0.419. The van der Waals surface area contributed by atoms with Crippen molar-refractivity contribution in [2.75, 3.05) is 6.54 Å². The first kappa shape index (κ1) is 14.1. The standard InChI is InChI=1S/C10H14N4O3S2/c1-7-13-9(14-17-7)2-3-12-19(15,16)10-4-8(5-11)6-18-10/h4,6,12H,2-3,5,11H2,1H3. The van der Waals surface area contributed by atoms with E-state index in [1.54, 1.807) is 18.4 Å². The summed E-state index contributed by atoms with van der Waals surface area (Å²) in [6, 6.07) is 1.57. The van der Waals surface area contributed by atoms with Crippen molar-refractivity contribution < 1.29 is 12.9 Å². The van der Waals surface area contributed by atoms with Crippen molar-refractivity contribution in [3.63, 3.8) is 0 Å². The van der Waals surface area contributed by atoms with Gasteiger partial charge in [0.2, 0.25) is 15.9 Å². The van der Waals surface area contributed by atoms with Gasteiger partial charge in [0.15, 0.2) is 5.82 Å². The molecule has 7 nitrogen and oxygen atoms in total. The zero-order valence-corrected chi connectivity index (χ0v) is 11.9. The second-order valence-corrected chi connectivity index (χ2v) is 6.76. The number of aryl methyl sites for hydroxylation is 1. The quantitative estimate of drug-likeness (QED) is 0.800. The summed E-state index contributed by atoms with van der Waals surface area (Å²) in [5.74, 6) is 0.942. The molecule has 2 heterocycles. The van der Waals surface area contributed by atoms with Crippen LogP contribution in [0.3, 0.4) is 0 Å². The van der Waals surface area contributed by atoms with Crippen LogP contribution >= 0.6 is 11.3 Å². The normalized spacial score (nSPS) is 11.9. The number of hydrogen-bond acceptors (Lipinski definition) is 7. The van der Waals surface area contributed by atoms with E-state index in [0.29, 0.717) is 24.7 Å². The summed E-state index contributed by atoms with van der Waals surface area (Å²) in [7, 11) is -3.49. The molecular weight excluding hydrogens is 288 g/mol. The number of nitrogens with zero attached hydrogens (tertiary/aromatic N) is 2. The Morgan fingerprint density at radius 2 is 2.32 bits per heavy atom. The number of sulfonamides is 1. The Balaban J connectivity index is 1.94. The maximum atomic E-state index is 12.0. The van der Waals surface area contributed by atoms with Crippen LogP contribution in [0.2, 0.25) is 0 Å². The van der Waals surface area contributed by atoms with E-state index in [0.717, 1.165) is 16.9 Å². The molecule has 0 bridgehead atoms. The van der Waals surface area contributed by atoms with E-state index in [1.807, 2.05) is 0 Å². The molecule has 0 fully saturated rings. The molecule has 0 spiro atoms. The van der Waals surface area contributed by atoms with Crippen molar-refractivity contribution in [1.82, 2.24) is 14.9 Å². The lowest BCUT2D eigenvalue weighted by molar-refractivity contribution is 0.387. The highest BCUT2D eigenvalue weighted by atomic mass is 32.2. The van der Waals surface area contributed by atoms with Crippen LogP contribution in [0.25, 0.3) is 0 Å². The van der Waals surface area contributed by atoms with E-state index in [2.05, 4.69) is 14.9 Å². The largest absolute Gasteiger partial charge is 0.340 e. The molecule has 0 aliphatic heterocycles. The first-order chi connectivity index (χ1) is 9.01. The van der Waals surface area contributed by atoms with Gasteiger partial charge < -0.3 is 10.3 Å². The minimum atomic E-state index is -3.49. The summed E-state index contributed by atoms with van der Waals surface area (Å²) < 4.78 is 31.5. The highest BCUT2D eigenvalue weighted by molar-refractivity contribution is 7.91. The Morgan fingerprint density at radius 1 is 1.53 bits per heavy atom. The van der Waals surface area contributed by atoms with Crippen LogP contribution in [0.5, 0.6) is 0 Å². The van der Waals surface area contributed by atoms with Crippen LogP contribution in [0.15, 0.2) is 20.2 Å². The van der Waals surface area contributed by atoms with Gasteiger partial charge in [0.25, 0.3) is 0 Å². The molecule has 0 amide bonds. The zero-order chi connectivity index (χ0) is 13.9. The third-order valence-corrected chi connectivity index (χ3v) is 5.29. The molecule has 0 aliphatic carbocycles. The van der Waals surface area contributed by atoms with Gasteiger partial charge in [-0.2, -0.15) is 4.98 Å². The lowest BCUT2D eigenvalue weighted by Gasteiger charge is -2.02. The van der Waals surface area contributed by atoms with E-state index in [1.165, 1.54) is 0 Å². The molecule has 2 aromatic rings. The smallest absolute Gasteiger partial charge is 0.250 e. The third-order valence-electron chi connectivity index (χ3n) is 2.34. The van der Waals surface area contributed by atoms with Crippen LogP contribution in [-0.4, -0.2) is 25.1 Å². The van der Waals surface area contributed by atoms with Crippen molar-refractivity contribution in [3.8, 4) is 0 Å². The van der Waals surface area contributed by atoms with Gasteiger partial charge in [0.05, 0.1) is 0 Å². The molecule has 0 aromatic carbocycles. The fourth-order valence-corrected chi connectivity index (χ4v) is 3.71. The highest BCUT2D eigenvalue weighted by Gasteiger charge is 2.16. The molecule has 0 saturated carbocycles. The average molecular weight is 302 g/mol. The molecule has 0 radical (unpaired) electrons. The number of rotatable bonds is 6. The van der Waals surface area contributed by atoms with Crippen molar-refractivity contribution >= 4 is 21.4 Å². The maximum Gasteiger partial charge on any atom is 0.250 e. The minimum absolute atomic E-state index is 0.219. The van der Waals surface area contributed by atoms with E-state index in [4.69, 9.17) is 10.3 Å². The molecular formula is C10H14N4O3S2. The molecule has 2 aromatic heterocycles. The summed E-state index contributed by atoms with van der Waals surface area (Å²) in [5.41, 5.74) is 6.25. The van der Waals surface area contributed by atoms with Crippen LogP contribution < -0.4 is 10.5 Å². The molecule has 0 atom stereocenters. The van der Waals surface area contributed by atoms with Gasteiger partial charge in [-0.25, -0.2) is 13.1 Å². The van der Waals surface area contributed by atoms with E-state index in [9.17, 15) is 8.42 Å². The predicted molar refractivity (Wildman–Crippen MR) is 70.1 cm³/mol. The average Bonchev–Trinajstić information content (AvgIpc) is 2.98. The van der Waals surface area contributed by atoms with E-state index < -0.39 is 10.0 Å². The van der Waals surface area contributed by atoms with Gasteiger partial charge >= 0.3 is 0 Å². The van der Waals surface area contributed by atoms with Crippen molar-refractivity contribution in [3.05, 3.63) is 28.7 Å². The molecule has 3 N–H and O–H groups in total. The zero-order valence-electron chi connectivity index (χ0n) is 10.3. The molecule has 0 saturated heterocycles. The second-order valence-electron chi connectivity index (χ2n) is 3.86. The fourth-order valence-electron chi connectivity index (χ4n) is 1.41. The molecule has 2 rings (SSSR count). The Hall–Kier alpha value is -1.29. The number of thiophene rings is 1. The van der Waals surface area contributed by atoms with Crippen molar-refractivity contribution in [2.24, 2.45) is 5.73 Å². The lowest BCUT2D eigenvalue weighted by Crippen LogP contribution is -2.25. The summed E-state index contributed by atoms with van der Waals surface area (Å²) in [6.45, 7) is 2.23. The maximum absolute atomic E-state index is 12.0. The van der Waals surface area contributed by atoms with Crippen LogP contribution in [0, 0.1) is 6.92 Å². The van der Waals surface area contributed by atoms with Crippen molar-refractivity contribution in [2.45, 2.75) is 24.1 Å². The summed E-state index contributed by atoms with van der Waals surface area (Å²) in [5, 5.41) is 5.42. The van der Waals surface area contributed by atoms with Crippen molar-refractivity contribution in [1.29, 1.82) is 0 Å². The molecule has 104 valence electrons. The Labute approximate surface area is 114 Å². The van der Waals surface area contributed by atoms with Crippen LogP contribution in [-0.2, 0) is 23.0 Å². The number of aromatic nitrogens is 2. The summed E-state index contributed by atoms with van der Waals surface area (Å²) in [6.07, 6.45) is 0.381. The minimum Gasteiger partial charge on any atom is -0.340 e. The Bertz CT molecular complexity index is 647. The van der Waals surface area contributed by atoms with E-state index in [-0.39, 0.29) is 10.8 Å². The number of hydrogen-bond donors (Lipinski definition) is 2. The number of nitrogens with one attached hydrogen (secondary N) is 1. The van der Waals surface area contributed by atoms with Gasteiger partial charge in [0.1, 0.15) is 4.21 Å². The molecule has 0 unspecified atom stereocenters. The van der Waals surface area contributed by atoms with Crippen LogP contribution in [0.1, 0.15) is 17.3 Å². The third kappa shape index (κ3) is 3.60. The second kappa shape index (κ2) is 5.78. The topological polar surface area (TPSA) is 111 Å². The molecule has 19 heavy (non-hydrogen) atoms. The van der Waals surface area contributed by atoms with Gasteiger partial charge in [-0.3, -0.25) is 0 Å². The van der Waals surface area contributed by atoms with Gasteiger partial charge in [-0.1, -0.05) is 5.16 Å². The molecule has 0 aliphatic rings. The Morgan fingerprint density at radius 3 is 2.89 bits per heavy atom. The summed E-state index contributed by atoms with van der Waals surface area (Å²) in [4.78, 5) is 3.99. The van der Waals surface area contributed by atoms with Crippen LogP contribution in [0.4, 0.5) is 0 Å². The lowest BCUT2D eigenvalue weighted by atomic mass is 10.4. The summed E-state index contributed by atoms with van der Waals surface area (Å²) >= 11 is 1.15. The first-order valence-electron chi connectivity index (χ1n) is 5.57.